The Bertz CT molecular complexity index is 512. The first-order valence-electron chi connectivity index (χ1n) is 4.10. The van der Waals surface area contributed by atoms with Gasteiger partial charge in [-0.2, -0.15) is 0 Å². The molecule has 0 aromatic heterocycles. The Hall–Kier alpha value is 1.24. The summed E-state index contributed by atoms with van der Waals surface area (Å²) in [5, 5.41) is 23.1. The van der Waals surface area contributed by atoms with Gasteiger partial charge in [-0.15, -0.1) is 0 Å². The SMILES string of the molecule is O=C([O-])c1c([O-])ccc2ccccc12.[K+].[K+]. The number of benzene rings is 2. The summed E-state index contributed by atoms with van der Waals surface area (Å²) >= 11 is 0. The van der Waals surface area contributed by atoms with Gasteiger partial charge < -0.3 is 15.0 Å². The predicted octanol–water partition coefficient (Wildman–Crippen LogP) is -5.72. The third kappa shape index (κ3) is 3.62. The monoisotopic (exact) mass is 264 g/mol. The number of fused-ring (bicyclic) bond motifs is 1. The van der Waals surface area contributed by atoms with Crippen molar-refractivity contribution in [1.29, 1.82) is 0 Å². The van der Waals surface area contributed by atoms with Crippen molar-refractivity contribution in [2.75, 3.05) is 0 Å². The molecule has 2 rings (SSSR count). The van der Waals surface area contributed by atoms with Gasteiger partial charge in [-0.05, 0) is 16.3 Å². The summed E-state index contributed by atoms with van der Waals surface area (Å²) in [6, 6.07) is 9.67. The van der Waals surface area contributed by atoms with Gasteiger partial charge in [-0.3, -0.25) is 0 Å². The molecule has 3 nitrogen and oxygen atoms in total. The number of rotatable bonds is 1. The zero-order chi connectivity index (χ0) is 10.1. The normalized spacial score (nSPS) is 9.00. The Morgan fingerprint density at radius 3 is 2.25 bits per heavy atom. The minimum atomic E-state index is -1.42. The topological polar surface area (TPSA) is 63.2 Å². The molecule has 0 amide bonds. The van der Waals surface area contributed by atoms with Crippen LogP contribution in [0.1, 0.15) is 10.4 Å². The van der Waals surface area contributed by atoms with Crippen LogP contribution in [0.25, 0.3) is 10.8 Å². The third-order valence-corrected chi connectivity index (χ3v) is 2.09. The van der Waals surface area contributed by atoms with Gasteiger partial charge in [0.1, 0.15) is 0 Å². The van der Waals surface area contributed by atoms with E-state index in [1.807, 2.05) is 0 Å². The van der Waals surface area contributed by atoms with E-state index in [1.54, 1.807) is 30.3 Å². The molecule has 0 aliphatic rings. The fourth-order valence-corrected chi connectivity index (χ4v) is 1.46. The number of carboxylic acid groups (broad SMARTS) is 1. The van der Waals surface area contributed by atoms with Crippen LogP contribution in [-0.4, -0.2) is 5.97 Å². The molecule has 0 spiro atoms. The molecule has 16 heavy (non-hydrogen) atoms. The molecule has 0 radical (unpaired) electrons. The van der Waals surface area contributed by atoms with Crippen LogP contribution in [0, 0.1) is 0 Å². The van der Waals surface area contributed by atoms with Crippen molar-refractivity contribution < 1.29 is 118 Å². The summed E-state index contributed by atoms with van der Waals surface area (Å²) in [4.78, 5) is 10.7. The van der Waals surface area contributed by atoms with Gasteiger partial charge in [0.2, 0.25) is 0 Å². The van der Waals surface area contributed by atoms with E-state index in [0.717, 1.165) is 5.39 Å². The molecule has 0 atom stereocenters. The minimum Gasteiger partial charge on any atom is -0.872 e. The molecule has 0 N–H and O–H groups in total. The van der Waals surface area contributed by atoms with Crippen LogP contribution in [0.4, 0.5) is 0 Å². The molecule has 0 saturated heterocycles. The van der Waals surface area contributed by atoms with E-state index >= 15 is 0 Å². The number of hydrogen-bond acceptors (Lipinski definition) is 3. The third-order valence-electron chi connectivity index (χ3n) is 2.09. The molecule has 70 valence electrons. The Morgan fingerprint density at radius 1 is 1.00 bits per heavy atom. The molecule has 0 unspecified atom stereocenters. The molecule has 0 aliphatic heterocycles. The molecule has 0 saturated carbocycles. The van der Waals surface area contributed by atoms with Crippen LogP contribution in [0.15, 0.2) is 36.4 Å². The van der Waals surface area contributed by atoms with Crippen LogP contribution in [0.5, 0.6) is 5.75 Å². The second-order valence-corrected chi connectivity index (χ2v) is 2.95. The first-order chi connectivity index (χ1) is 6.70. The number of aromatic carboxylic acids is 1. The van der Waals surface area contributed by atoms with Crippen LogP contribution < -0.4 is 113 Å². The van der Waals surface area contributed by atoms with Crippen LogP contribution >= 0.6 is 0 Å². The second kappa shape index (κ2) is 7.63. The van der Waals surface area contributed by atoms with Crippen molar-refractivity contribution in [2.24, 2.45) is 0 Å². The number of carboxylic acids is 1. The summed E-state index contributed by atoms with van der Waals surface area (Å²) in [5.41, 5.74) is -0.261. The maximum absolute atomic E-state index is 11.3. The molecular formula is C11H6K2O3. The Labute approximate surface area is 178 Å². The number of carbonyl (C=O) groups is 1. The maximum atomic E-state index is 11.3. The van der Waals surface area contributed by atoms with E-state index in [9.17, 15) is 15.0 Å². The van der Waals surface area contributed by atoms with E-state index in [4.69, 9.17) is 0 Å². The standard InChI is InChI=1S/C11H8O3.2K/c12-9-6-5-7-3-1-2-4-8(7)10(9)11(13)14;;/h1-6,12H,(H,13,14);;/q;2*+1/p-2. The van der Waals surface area contributed by atoms with E-state index in [2.05, 4.69) is 0 Å². The van der Waals surface area contributed by atoms with E-state index in [1.165, 1.54) is 6.07 Å². The van der Waals surface area contributed by atoms with Gasteiger partial charge in [-0.1, -0.05) is 42.1 Å². The van der Waals surface area contributed by atoms with Gasteiger partial charge in [0, 0.05) is 0 Å². The van der Waals surface area contributed by atoms with E-state index in [0.29, 0.717) is 5.39 Å². The summed E-state index contributed by atoms with van der Waals surface area (Å²) in [6.45, 7) is 0. The first kappa shape index (κ1) is 17.2. The summed E-state index contributed by atoms with van der Waals surface area (Å²) in [5.74, 6) is -1.93. The zero-order valence-electron chi connectivity index (χ0n) is 9.19. The molecule has 0 heterocycles. The van der Waals surface area contributed by atoms with Gasteiger partial charge in [0.15, 0.2) is 0 Å². The molecule has 2 aromatic rings. The van der Waals surface area contributed by atoms with Crippen molar-refractivity contribution in [3.63, 3.8) is 0 Å². The Kier molecular flexibility index (Phi) is 8.22. The fourth-order valence-electron chi connectivity index (χ4n) is 1.46. The Morgan fingerprint density at radius 2 is 1.62 bits per heavy atom. The van der Waals surface area contributed by atoms with Crippen molar-refractivity contribution in [3.05, 3.63) is 42.0 Å². The summed E-state index contributed by atoms with van der Waals surface area (Å²) in [6.07, 6.45) is 0. The van der Waals surface area contributed by atoms with Gasteiger partial charge in [-0.25, -0.2) is 0 Å². The fraction of sp³-hybridized carbons (Fsp3) is 0. The number of hydrogen-bond donors (Lipinski definition) is 0. The second-order valence-electron chi connectivity index (χ2n) is 2.95. The molecule has 0 aliphatic carbocycles. The van der Waals surface area contributed by atoms with Crippen molar-refractivity contribution in [1.82, 2.24) is 0 Å². The Balaban J connectivity index is 0.00000112. The van der Waals surface area contributed by atoms with Crippen molar-refractivity contribution >= 4 is 16.7 Å². The van der Waals surface area contributed by atoms with Crippen molar-refractivity contribution in [3.8, 4) is 5.75 Å². The molecule has 0 bridgehead atoms. The summed E-state index contributed by atoms with van der Waals surface area (Å²) in [7, 11) is 0. The predicted molar refractivity (Wildman–Crippen MR) is 47.7 cm³/mol. The average molecular weight is 264 g/mol. The number of carbonyl (C=O) groups excluding carboxylic acids is 1. The molecule has 0 fully saturated rings. The van der Waals surface area contributed by atoms with Gasteiger partial charge >= 0.3 is 103 Å². The van der Waals surface area contributed by atoms with Crippen molar-refractivity contribution in [2.45, 2.75) is 0 Å². The largest absolute Gasteiger partial charge is 1.00 e. The quantitative estimate of drug-likeness (QED) is 0.482. The molecular weight excluding hydrogens is 258 g/mol. The first-order valence-corrected chi connectivity index (χ1v) is 4.10. The maximum Gasteiger partial charge on any atom is 1.00 e. The van der Waals surface area contributed by atoms with Crippen LogP contribution in [-0.2, 0) is 0 Å². The van der Waals surface area contributed by atoms with E-state index < -0.39 is 11.7 Å². The molecule has 5 heteroatoms. The van der Waals surface area contributed by atoms with Crippen LogP contribution in [0.2, 0.25) is 0 Å². The molecule has 2 aromatic carbocycles. The summed E-state index contributed by atoms with van der Waals surface area (Å²) < 4.78 is 0. The minimum absolute atomic E-state index is 0. The van der Waals surface area contributed by atoms with Gasteiger partial charge in [0.05, 0.1) is 5.97 Å². The smallest absolute Gasteiger partial charge is 0.872 e. The van der Waals surface area contributed by atoms with Gasteiger partial charge in [0.25, 0.3) is 0 Å². The van der Waals surface area contributed by atoms with Crippen LogP contribution in [0.3, 0.4) is 0 Å². The average Bonchev–Trinajstić information content (AvgIpc) is 2.17. The van der Waals surface area contributed by atoms with E-state index in [-0.39, 0.29) is 108 Å². The zero-order valence-corrected chi connectivity index (χ0v) is 15.4.